The van der Waals surface area contributed by atoms with E-state index < -0.39 is 5.97 Å². The minimum absolute atomic E-state index is 0.209. The Morgan fingerprint density at radius 2 is 1.97 bits per heavy atom. The number of fused-ring (bicyclic) bond motifs is 1. The van der Waals surface area contributed by atoms with Crippen molar-refractivity contribution in [3.05, 3.63) is 82.2 Å². The second kappa shape index (κ2) is 10.5. The van der Waals surface area contributed by atoms with Crippen LogP contribution in [0.5, 0.6) is 11.5 Å². The van der Waals surface area contributed by atoms with Gasteiger partial charge in [0.15, 0.2) is 0 Å². The molecule has 1 aliphatic heterocycles. The molecule has 0 amide bonds. The number of rotatable bonds is 9. The van der Waals surface area contributed by atoms with Crippen molar-refractivity contribution in [3.63, 3.8) is 0 Å². The predicted molar refractivity (Wildman–Crippen MR) is 139 cm³/mol. The van der Waals surface area contributed by atoms with Crippen LogP contribution < -0.4 is 9.47 Å². The number of thiophene rings is 1. The first-order valence-corrected chi connectivity index (χ1v) is 12.9. The summed E-state index contributed by atoms with van der Waals surface area (Å²) in [5, 5.41) is 15.0. The zero-order chi connectivity index (χ0) is 24.2. The summed E-state index contributed by atoms with van der Waals surface area (Å²) >= 11 is 1.73. The van der Waals surface area contributed by atoms with Gasteiger partial charge in [-0.05, 0) is 90.1 Å². The maximum atomic E-state index is 11.4. The van der Waals surface area contributed by atoms with E-state index in [0.717, 1.165) is 44.8 Å². The molecule has 0 unspecified atom stereocenters. The molecule has 7 heteroatoms. The zero-order valence-corrected chi connectivity index (χ0v) is 20.7. The first kappa shape index (κ1) is 23.5. The molecule has 0 radical (unpaired) electrons. The van der Waals surface area contributed by atoms with E-state index in [2.05, 4.69) is 44.6 Å². The van der Waals surface area contributed by atoms with Crippen molar-refractivity contribution >= 4 is 28.2 Å². The Morgan fingerprint density at radius 3 is 2.71 bits per heavy atom. The molecule has 182 valence electrons. The molecular formula is C28H30N2O4S. The van der Waals surface area contributed by atoms with Crippen LogP contribution in [0.1, 0.15) is 40.2 Å². The van der Waals surface area contributed by atoms with Crippen LogP contribution in [0, 0.1) is 0 Å². The number of carboxylic acids is 1. The summed E-state index contributed by atoms with van der Waals surface area (Å²) < 4.78 is 13.7. The van der Waals surface area contributed by atoms with Crippen molar-refractivity contribution in [2.75, 3.05) is 33.4 Å². The fraction of sp³-hybridized carbons (Fsp3) is 0.321. The fourth-order valence-corrected chi connectivity index (χ4v) is 5.65. The Balaban J connectivity index is 1.24. The first-order valence-electron chi connectivity index (χ1n) is 12.0. The number of methoxy groups -OCH3 is 1. The van der Waals surface area contributed by atoms with Gasteiger partial charge in [-0.3, -0.25) is 4.90 Å². The summed E-state index contributed by atoms with van der Waals surface area (Å²) in [4.78, 5) is 13.8. The average Bonchev–Trinajstić information content (AvgIpc) is 3.53. The number of ether oxygens (including phenoxy) is 2. The SMILES string of the molecule is COc1ccc2c(c1)c(C1CCN(CCOc3ccccc3C(=O)O)CC1)cn2Cc1ccsc1. The Labute approximate surface area is 209 Å². The summed E-state index contributed by atoms with van der Waals surface area (Å²) in [6.45, 7) is 4.13. The highest BCUT2D eigenvalue weighted by atomic mass is 32.1. The molecule has 6 nitrogen and oxygen atoms in total. The normalized spacial score (nSPS) is 14.9. The van der Waals surface area contributed by atoms with E-state index in [0.29, 0.717) is 18.3 Å². The highest BCUT2D eigenvalue weighted by Crippen LogP contribution is 2.36. The number of benzene rings is 2. The third kappa shape index (κ3) is 5.21. The number of aromatic nitrogens is 1. The number of piperidine rings is 1. The number of hydrogen-bond acceptors (Lipinski definition) is 5. The van der Waals surface area contributed by atoms with Gasteiger partial charge in [-0.25, -0.2) is 4.79 Å². The van der Waals surface area contributed by atoms with Gasteiger partial charge in [0.25, 0.3) is 0 Å². The lowest BCUT2D eigenvalue weighted by atomic mass is 9.89. The number of likely N-dealkylation sites (tertiary alicyclic amines) is 1. The molecule has 0 spiro atoms. The smallest absolute Gasteiger partial charge is 0.339 e. The number of aromatic carboxylic acids is 1. The van der Waals surface area contributed by atoms with E-state index in [9.17, 15) is 9.90 Å². The molecule has 1 fully saturated rings. The van der Waals surface area contributed by atoms with Gasteiger partial charge in [0.1, 0.15) is 23.7 Å². The predicted octanol–water partition coefficient (Wildman–Crippen LogP) is 5.72. The Morgan fingerprint density at radius 1 is 1.14 bits per heavy atom. The van der Waals surface area contributed by atoms with E-state index in [1.54, 1.807) is 42.7 Å². The van der Waals surface area contributed by atoms with Gasteiger partial charge < -0.3 is 19.1 Å². The largest absolute Gasteiger partial charge is 0.497 e. The van der Waals surface area contributed by atoms with Crippen molar-refractivity contribution in [1.29, 1.82) is 0 Å². The number of para-hydroxylation sites is 1. The molecule has 0 aliphatic carbocycles. The van der Waals surface area contributed by atoms with Gasteiger partial charge in [-0.2, -0.15) is 11.3 Å². The van der Waals surface area contributed by atoms with Crippen LogP contribution in [-0.2, 0) is 6.54 Å². The molecule has 1 saturated heterocycles. The van der Waals surface area contributed by atoms with Crippen LogP contribution >= 0.6 is 11.3 Å². The second-order valence-electron chi connectivity index (χ2n) is 8.99. The molecule has 1 aliphatic rings. The van der Waals surface area contributed by atoms with Crippen molar-refractivity contribution in [2.45, 2.75) is 25.3 Å². The maximum Gasteiger partial charge on any atom is 0.339 e. The molecular weight excluding hydrogens is 460 g/mol. The molecule has 1 N–H and O–H groups in total. The Kier molecular flexibility index (Phi) is 7.06. The van der Waals surface area contributed by atoms with Crippen molar-refractivity contribution in [2.24, 2.45) is 0 Å². The lowest BCUT2D eigenvalue weighted by Gasteiger charge is -2.31. The third-order valence-electron chi connectivity index (χ3n) is 6.86. The van der Waals surface area contributed by atoms with Crippen LogP contribution in [0.4, 0.5) is 0 Å². The quantitative estimate of drug-likeness (QED) is 0.325. The number of carbonyl (C=O) groups is 1. The summed E-state index contributed by atoms with van der Waals surface area (Å²) in [6, 6.07) is 15.4. The molecule has 0 saturated carbocycles. The molecule has 5 rings (SSSR count). The lowest BCUT2D eigenvalue weighted by molar-refractivity contribution is 0.0691. The lowest BCUT2D eigenvalue weighted by Crippen LogP contribution is -2.35. The maximum absolute atomic E-state index is 11.4. The average molecular weight is 491 g/mol. The van der Waals surface area contributed by atoms with Gasteiger partial charge in [0.2, 0.25) is 0 Å². The summed E-state index contributed by atoms with van der Waals surface area (Å²) in [6.07, 6.45) is 4.51. The van der Waals surface area contributed by atoms with Gasteiger partial charge in [-0.1, -0.05) is 12.1 Å². The third-order valence-corrected chi connectivity index (χ3v) is 7.59. The van der Waals surface area contributed by atoms with Crippen LogP contribution in [0.15, 0.2) is 65.5 Å². The highest BCUT2D eigenvalue weighted by Gasteiger charge is 2.24. The van der Waals surface area contributed by atoms with E-state index in [1.807, 2.05) is 6.07 Å². The monoisotopic (exact) mass is 490 g/mol. The van der Waals surface area contributed by atoms with Crippen LogP contribution in [-0.4, -0.2) is 53.9 Å². The topological polar surface area (TPSA) is 63.9 Å². The zero-order valence-electron chi connectivity index (χ0n) is 19.9. The van der Waals surface area contributed by atoms with E-state index in [-0.39, 0.29) is 5.56 Å². The van der Waals surface area contributed by atoms with Crippen LogP contribution in [0.3, 0.4) is 0 Å². The minimum Gasteiger partial charge on any atom is -0.497 e. The molecule has 4 aromatic rings. The summed E-state index contributed by atoms with van der Waals surface area (Å²) in [5.41, 5.74) is 4.19. The molecule has 3 heterocycles. The number of nitrogens with zero attached hydrogens (tertiary/aromatic N) is 2. The van der Waals surface area contributed by atoms with Crippen LogP contribution in [0.2, 0.25) is 0 Å². The van der Waals surface area contributed by atoms with Crippen molar-refractivity contribution in [3.8, 4) is 11.5 Å². The number of hydrogen-bond donors (Lipinski definition) is 1. The van der Waals surface area contributed by atoms with E-state index in [1.165, 1.54) is 22.0 Å². The standard InChI is InChI=1S/C28H30N2O4S/c1-33-22-6-7-26-24(16-22)25(18-30(26)17-20-10-15-35-19-20)21-8-11-29(12-9-21)13-14-34-27-5-3-2-4-23(27)28(31)32/h2-7,10,15-16,18-19,21H,8-9,11-14,17H2,1H3,(H,31,32). The Hall–Kier alpha value is -3.29. The number of carboxylic acid groups (broad SMARTS) is 1. The molecule has 0 bridgehead atoms. The first-order chi connectivity index (χ1) is 17.1. The fourth-order valence-electron chi connectivity index (χ4n) is 4.99. The van der Waals surface area contributed by atoms with Gasteiger partial charge in [-0.15, -0.1) is 0 Å². The molecule has 35 heavy (non-hydrogen) atoms. The van der Waals surface area contributed by atoms with Crippen LogP contribution in [0.25, 0.3) is 10.9 Å². The molecule has 0 atom stereocenters. The van der Waals surface area contributed by atoms with E-state index in [4.69, 9.17) is 9.47 Å². The Bertz CT molecular complexity index is 1290. The van der Waals surface area contributed by atoms with Crippen molar-refractivity contribution < 1.29 is 19.4 Å². The summed E-state index contributed by atoms with van der Waals surface area (Å²) in [7, 11) is 1.72. The van der Waals surface area contributed by atoms with Gasteiger partial charge >= 0.3 is 5.97 Å². The summed E-state index contributed by atoms with van der Waals surface area (Å²) in [5.74, 6) is 0.861. The van der Waals surface area contributed by atoms with Crippen molar-refractivity contribution in [1.82, 2.24) is 9.47 Å². The second-order valence-corrected chi connectivity index (χ2v) is 9.77. The molecule has 2 aromatic heterocycles. The van der Waals surface area contributed by atoms with Gasteiger partial charge in [0, 0.05) is 30.2 Å². The van der Waals surface area contributed by atoms with E-state index >= 15 is 0 Å². The molecule has 2 aromatic carbocycles. The van der Waals surface area contributed by atoms with Gasteiger partial charge in [0.05, 0.1) is 7.11 Å². The highest BCUT2D eigenvalue weighted by molar-refractivity contribution is 7.07. The minimum atomic E-state index is -0.962.